The van der Waals surface area contributed by atoms with Gasteiger partial charge in [0.1, 0.15) is 5.65 Å². The van der Waals surface area contributed by atoms with E-state index in [1.54, 1.807) is 10.9 Å². The van der Waals surface area contributed by atoms with E-state index in [9.17, 15) is 9.90 Å². The Morgan fingerprint density at radius 2 is 2.14 bits per heavy atom. The van der Waals surface area contributed by atoms with Crippen molar-refractivity contribution in [1.82, 2.24) is 14.8 Å². The molecule has 3 aromatic rings. The van der Waals surface area contributed by atoms with Crippen molar-refractivity contribution < 1.29 is 5.11 Å². The Bertz CT molecular complexity index is 876. The number of nitrogens with zero attached hydrogens (tertiary/aromatic N) is 2. The van der Waals surface area contributed by atoms with Crippen LogP contribution in [0.5, 0.6) is 0 Å². The molecule has 0 fully saturated rings. The SMILES string of the molecule is CCn1ncc2c3c(C(C)CO)cc(C)cc3c(=O)[nH]c21. The first kappa shape index (κ1) is 13.8. The van der Waals surface area contributed by atoms with Gasteiger partial charge in [-0.05, 0) is 25.5 Å². The highest BCUT2D eigenvalue weighted by atomic mass is 16.3. The normalized spacial score (nSPS) is 13.1. The number of aromatic nitrogens is 3. The fourth-order valence-electron chi connectivity index (χ4n) is 2.90. The summed E-state index contributed by atoms with van der Waals surface area (Å²) < 4.78 is 1.78. The minimum Gasteiger partial charge on any atom is -0.396 e. The molecule has 0 saturated heterocycles. The van der Waals surface area contributed by atoms with Crippen LogP contribution in [0.2, 0.25) is 0 Å². The molecule has 0 amide bonds. The van der Waals surface area contributed by atoms with Crippen molar-refractivity contribution >= 4 is 21.8 Å². The molecule has 0 spiro atoms. The Kier molecular flexibility index (Phi) is 3.29. The van der Waals surface area contributed by atoms with Crippen LogP contribution in [0, 0.1) is 6.92 Å². The molecule has 2 heterocycles. The lowest BCUT2D eigenvalue weighted by atomic mass is 9.92. The highest BCUT2D eigenvalue weighted by molar-refractivity contribution is 6.06. The maximum Gasteiger partial charge on any atom is 0.257 e. The van der Waals surface area contributed by atoms with E-state index in [1.807, 2.05) is 32.9 Å². The summed E-state index contributed by atoms with van der Waals surface area (Å²) in [7, 11) is 0. The minimum atomic E-state index is -0.109. The number of benzene rings is 1. The van der Waals surface area contributed by atoms with E-state index in [0.29, 0.717) is 11.9 Å². The van der Waals surface area contributed by atoms with Crippen LogP contribution < -0.4 is 5.56 Å². The second-order valence-corrected chi connectivity index (χ2v) is 5.54. The number of aromatic amines is 1. The molecule has 1 atom stereocenters. The lowest BCUT2D eigenvalue weighted by molar-refractivity contribution is 0.273. The minimum absolute atomic E-state index is 0.0256. The molecule has 1 unspecified atom stereocenters. The number of pyridine rings is 1. The Labute approximate surface area is 122 Å². The molecule has 5 heteroatoms. The molecule has 5 nitrogen and oxygen atoms in total. The zero-order valence-corrected chi connectivity index (χ0v) is 12.5. The van der Waals surface area contributed by atoms with Gasteiger partial charge in [-0.25, -0.2) is 4.68 Å². The maximum atomic E-state index is 12.4. The monoisotopic (exact) mass is 285 g/mol. The van der Waals surface area contributed by atoms with Crippen molar-refractivity contribution in [2.45, 2.75) is 33.2 Å². The van der Waals surface area contributed by atoms with Gasteiger partial charge in [-0.1, -0.05) is 18.6 Å². The zero-order chi connectivity index (χ0) is 15.1. The van der Waals surface area contributed by atoms with Gasteiger partial charge in [-0.2, -0.15) is 5.10 Å². The summed E-state index contributed by atoms with van der Waals surface area (Å²) in [5.74, 6) is -0.0256. The predicted octanol–water partition coefficient (Wildman–Crippen LogP) is 2.30. The van der Waals surface area contributed by atoms with E-state index in [2.05, 4.69) is 10.1 Å². The van der Waals surface area contributed by atoms with Crippen LogP contribution in [0.3, 0.4) is 0 Å². The van der Waals surface area contributed by atoms with Crippen molar-refractivity contribution in [3.05, 3.63) is 39.8 Å². The molecule has 0 bridgehead atoms. The van der Waals surface area contributed by atoms with Crippen LogP contribution in [0.1, 0.15) is 30.9 Å². The summed E-state index contributed by atoms with van der Waals surface area (Å²) in [6.45, 7) is 6.66. The summed E-state index contributed by atoms with van der Waals surface area (Å²) >= 11 is 0. The van der Waals surface area contributed by atoms with E-state index in [-0.39, 0.29) is 18.1 Å². The fraction of sp³-hybridized carbons (Fsp3) is 0.375. The fourth-order valence-corrected chi connectivity index (χ4v) is 2.90. The molecule has 0 aliphatic carbocycles. The van der Waals surface area contributed by atoms with Crippen molar-refractivity contribution in [2.75, 3.05) is 6.61 Å². The number of hydrogen-bond acceptors (Lipinski definition) is 3. The Morgan fingerprint density at radius 3 is 2.81 bits per heavy atom. The van der Waals surface area contributed by atoms with Crippen LogP contribution in [0.15, 0.2) is 23.1 Å². The second-order valence-electron chi connectivity index (χ2n) is 5.54. The van der Waals surface area contributed by atoms with Gasteiger partial charge in [0.05, 0.1) is 6.20 Å². The number of rotatable bonds is 3. The predicted molar refractivity (Wildman–Crippen MR) is 83.8 cm³/mol. The maximum absolute atomic E-state index is 12.4. The number of aliphatic hydroxyl groups is 1. The zero-order valence-electron chi connectivity index (χ0n) is 12.5. The van der Waals surface area contributed by atoms with Crippen LogP contribution >= 0.6 is 0 Å². The lowest BCUT2D eigenvalue weighted by Gasteiger charge is -2.14. The van der Waals surface area contributed by atoms with E-state index in [4.69, 9.17) is 0 Å². The molecular weight excluding hydrogens is 266 g/mol. The largest absolute Gasteiger partial charge is 0.396 e. The highest BCUT2D eigenvalue weighted by Crippen LogP contribution is 2.30. The van der Waals surface area contributed by atoms with E-state index >= 15 is 0 Å². The smallest absolute Gasteiger partial charge is 0.257 e. The molecule has 0 aliphatic rings. The number of fused-ring (bicyclic) bond motifs is 3. The Morgan fingerprint density at radius 1 is 1.38 bits per heavy atom. The number of H-pyrrole nitrogens is 1. The standard InChI is InChI=1S/C16H19N3O2/c1-4-19-15-13(7-17-19)14-11(10(3)8-20)5-9(2)6-12(14)16(21)18-15/h5-7,10,20H,4,8H2,1-3H3,(H,18,21). The van der Waals surface area contributed by atoms with Crippen LogP contribution in [0.4, 0.5) is 0 Å². The molecule has 3 rings (SSSR count). The molecule has 0 radical (unpaired) electrons. The Hall–Kier alpha value is -2.14. The molecule has 0 aliphatic heterocycles. The third-order valence-electron chi connectivity index (χ3n) is 4.00. The lowest BCUT2D eigenvalue weighted by Crippen LogP contribution is -2.11. The van der Waals surface area contributed by atoms with Gasteiger partial charge in [-0.3, -0.25) is 4.79 Å². The summed E-state index contributed by atoms with van der Waals surface area (Å²) in [6, 6.07) is 3.94. The van der Waals surface area contributed by atoms with Crippen LogP contribution in [-0.2, 0) is 6.54 Å². The summed E-state index contributed by atoms with van der Waals surface area (Å²) in [5, 5.41) is 16.4. The van der Waals surface area contributed by atoms with E-state index < -0.39 is 0 Å². The van der Waals surface area contributed by atoms with E-state index in [1.165, 1.54) is 0 Å². The third-order valence-corrected chi connectivity index (χ3v) is 4.00. The third kappa shape index (κ3) is 2.05. The van der Waals surface area contributed by atoms with Gasteiger partial charge in [0, 0.05) is 35.2 Å². The summed E-state index contributed by atoms with van der Waals surface area (Å²) in [5.41, 5.74) is 2.65. The molecule has 2 N–H and O–H groups in total. The van der Waals surface area contributed by atoms with Crippen molar-refractivity contribution in [3.8, 4) is 0 Å². The quantitative estimate of drug-likeness (QED) is 0.775. The van der Waals surface area contributed by atoms with Gasteiger partial charge in [0.25, 0.3) is 5.56 Å². The van der Waals surface area contributed by atoms with Gasteiger partial charge in [0.2, 0.25) is 0 Å². The van der Waals surface area contributed by atoms with Gasteiger partial charge >= 0.3 is 0 Å². The highest BCUT2D eigenvalue weighted by Gasteiger charge is 2.16. The first-order valence-electron chi connectivity index (χ1n) is 7.19. The molecule has 110 valence electrons. The van der Waals surface area contributed by atoms with Gasteiger partial charge in [-0.15, -0.1) is 0 Å². The van der Waals surface area contributed by atoms with Crippen LogP contribution in [0.25, 0.3) is 21.8 Å². The Balaban J connectivity index is 2.54. The molecule has 0 saturated carbocycles. The van der Waals surface area contributed by atoms with Crippen LogP contribution in [-0.4, -0.2) is 26.5 Å². The van der Waals surface area contributed by atoms with E-state index in [0.717, 1.165) is 27.5 Å². The average Bonchev–Trinajstić information content (AvgIpc) is 2.88. The molecule has 21 heavy (non-hydrogen) atoms. The molecular formula is C16H19N3O2. The number of hydrogen-bond donors (Lipinski definition) is 2. The van der Waals surface area contributed by atoms with Gasteiger partial charge < -0.3 is 10.1 Å². The first-order chi connectivity index (χ1) is 10.1. The van der Waals surface area contributed by atoms with Crippen molar-refractivity contribution in [3.63, 3.8) is 0 Å². The summed E-state index contributed by atoms with van der Waals surface area (Å²) in [6.07, 6.45) is 1.79. The number of nitrogens with one attached hydrogen (secondary N) is 1. The second kappa shape index (κ2) is 5.00. The number of aliphatic hydroxyl groups excluding tert-OH is 1. The first-order valence-corrected chi connectivity index (χ1v) is 7.19. The van der Waals surface area contributed by atoms with Gasteiger partial charge in [0.15, 0.2) is 0 Å². The van der Waals surface area contributed by atoms with Crippen molar-refractivity contribution in [1.29, 1.82) is 0 Å². The average molecular weight is 285 g/mol. The molecule has 2 aromatic heterocycles. The summed E-state index contributed by atoms with van der Waals surface area (Å²) in [4.78, 5) is 15.3. The number of aryl methyl sites for hydroxylation is 2. The van der Waals surface area contributed by atoms with Crippen molar-refractivity contribution in [2.24, 2.45) is 0 Å². The molecule has 1 aromatic carbocycles. The topological polar surface area (TPSA) is 70.9 Å².